The molecule has 1 aliphatic rings. The number of hydrogen-bond acceptors (Lipinski definition) is 4. The molecule has 1 heterocycles. The molecular formula is C27H26N2O4. The molecule has 0 bridgehead atoms. The van der Waals surface area contributed by atoms with E-state index in [9.17, 15) is 14.4 Å². The first-order chi connectivity index (χ1) is 16.1. The van der Waals surface area contributed by atoms with E-state index in [1.807, 2.05) is 60.7 Å². The third-order valence-electron chi connectivity index (χ3n) is 5.70. The number of ether oxygens (including phenoxy) is 1. The fourth-order valence-corrected chi connectivity index (χ4v) is 4.02. The molecule has 0 saturated carbocycles. The highest BCUT2D eigenvalue weighted by Gasteiger charge is 2.34. The summed E-state index contributed by atoms with van der Waals surface area (Å²) >= 11 is 0. The number of carbonyl (C=O) groups excluding carboxylic acids is 3. The molecule has 4 rings (SSSR count). The molecule has 6 heteroatoms. The maximum absolute atomic E-state index is 13.3. The molecule has 1 N–H and O–H groups in total. The van der Waals surface area contributed by atoms with E-state index in [2.05, 4.69) is 5.32 Å². The van der Waals surface area contributed by atoms with Gasteiger partial charge in [0.1, 0.15) is 23.8 Å². The van der Waals surface area contributed by atoms with Crippen molar-refractivity contribution in [2.75, 3.05) is 6.54 Å². The van der Waals surface area contributed by atoms with E-state index in [0.29, 0.717) is 36.4 Å². The van der Waals surface area contributed by atoms with Gasteiger partial charge in [0, 0.05) is 18.5 Å². The van der Waals surface area contributed by atoms with Crippen LogP contribution in [0.15, 0.2) is 84.9 Å². The number of nitrogens with one attached hydrogen (secondary N) is 1. The summed E-state index contributed by atoms with van der Waals surface area (Å²) in [4.78, 5) is 39.5. The number of nitrogens with zero attached hydrogens (tertiary/aromatic N) is 1. The second kappa shape index (κ2) is 10.6. The molecule has 2 atom stereocenters. The third-order valence-corrected chi connectivity index (χ3v) is 5.70. The number of hydrogen-bond donors (Lipinski definition) is 1. The van der Waals surface area contributed by atoms with E-state index in [-0.39, 0.29) is 11.8 Å². The number of para-hydroxylation sites is 1. The fraction of sp³-hybridized carbons (Fsp3) is 0.222. The second-order valence-corrected chi connectivity index (χ2v) is 8.04. The zero-order valence-corrected chi connectivity index (χ0v) is 18.2. The van der Waals surface area contributed by atoms with Crippen molar-refractivity contribution >= 4 is 18.1 Å². The van der Waals surface area contributed by atoms with Crippen LogP contribution in [0.5, 0.6) is 11.5 Å². The van der Waals surface area contributed by atoms with Crippen LogP contribution in [0.3, 0.4) is 0 Å². The van der Waals surface area contributed by atoms with Gasteiger partial charge in [-0.3, -0.25) is 9.59 Å². The van der Waals surface area contributed by atoms with Gasteiger partial charge in [-0.05, 0) is 48.7 Å². The number of carbonyl (C=O) groups is 3. The van der Waals surface area contributed by atoms with Gasteiger partial charge in [-0.2, -0.15) is 0 Å². The van der Waals surface area contributed by atoms with Crippen molar-refractivity contribution in [1.82, 2.24) is 10.2 Å². The largest absolute Gasteiger partial charge is 0.457 e. The minimum absolute atomic E-state index is 0.238. The Kier molecular flexibility index (Phi) is 7.15. The van der Waals surface area contributed by atoms with Crippen molar-refractivity contribution in [2.45, 2.75) is 31.3 Å². The molecule has 3 aromatic rings. The average Bonchev–Trinajstić information content (AvgIpc) is 3.33. The summed E-state index contributed by atoms with van der Waals surface area (Å²) < 4.78 is 5.83. The van der Waals surface area contributed by atoms with E-state index in [1.54, 1.807) is 29.2 Å². The highest BCUT2D eigenvalue weighted by atomic mass is 16.5. The van der Waals surface area contributed by atoms with Crippen LogP contribution in [0.2, 0.25) is 0 Å². The quantitative estimate of drug-likeness (QED) is 0.535. The summed E-state index contributed by atoms with van der Waals surface area (Å²) in [6, 6.07) is 24.5. The number of aldehydes is 1. The maximum Gasteiger partial charge on any atom is 0.252 e. The minimum Gasteiger partial charge on any atom is -0.457 e. The monoisotopic (exact) mass is 442 g/mol. The summed E-state index contributed by atoms with van der Waals surface area (Å²) in [5.41, 5.74) is 1.32. The molecule has 6 nitrogen and oxygen atoms in total. The van der Waals surface area contributed by atoms with Crippen LogP contribution in [-0.2, 0) is 16.0 Å². The van der Waals surface area contributed by atoms with Crippen molar-refractivity contribution in [2.24, 2.45) is 0 Å². The summed E-state index contributed by atoms with van der Waals surface area (Å²) in [5, 5.41) is 2.89. The van der Waals surface area contributed by atoms with Gasteiger partial charge in [-0.15, -0.1) is 0 Å². The first-order valence-corrected chi connectivity index (χ1v) is 11.1. The Balaban J connectivity index is 1.52. The molecule has 3 aromatic carbocycles. The average molecular weight is 443 g/mol. The number of benzene rings is 3. The summed E-state index contributed by atoms with van der Waals surface area (Å²) in [5.74, 6) is 0.588. The normalized spacial score (nSPS) is 16.1. The number of rotatable bonds is 8. The van der Waals surface area contributed by atoms with E-state index < -0.39 is 12.1 Å². The van der Waals surface area contributed by atoms with Crippen molar-refractivity contribution in [1.29, 1.82) is 0 Å². The number of likely N-dealkylation sites (tertiary alicyclic amines) is 1. The molecule has 168 valence electrons. The van der Waals surface area contributed by atoms with Crippen LogP contribution in [-0.4, -0.2) is 41.6 Å². The zero-order valence-electron chi connectivity index (χ0n) is 18.2. The Labute approximate surface area is 193 Å². The smallest absolute Gasteiger partial charge is 0.252 e. The second-order valence-electron chi connectivity index (χ2n) is 8.04. The SMILES string of the molecule is O=C[C@@H]1CCCN1C(=O)[C@H](Cc1ccccc1)NC(=O)c1cccc(Oc2ccccc2)c1. The standard InChI is InChI=1S/C27H26N2O4/c30-19-22-12-8-16-29(22)27(32)25(17-20-9-3-1-4-10-20)28-26(31)21-11-7-15-24(18-21)33-23-13-5-2-6-14-23/h1-7,9-11,13-15,18-19,22,25H,8,12,16-17H2,(H,28,31)/t22-,25-/m0/s1. The molecular weight excluding hydrogens is 416 g/mol. The fourth-order valence-electron chi connectivity index (χ4n) is 4.02. The van der Waals surface area contributed by atoms with Crippen molar-refractivity contribution in [3.05, 3.63) is 96.1 Å². The predicted octanol–water partition coefficient (Wildman–Crippen LogP) is 4.01. The van der Waals surface area contributed by atoms with Crippen LogP contribution >= 0.6 is 0 Å². The highest BCUT2D eigenvalue weighted by Crippen LogP contribution is 2.22. The zero-order chi connectivity index (χ0) is 23.0. The van der Waals surface area contributed by atoms with Crippen molar-refractivity contribution in [3.8, 4) is 11.5 Å². The highest BCUT2D eigenvalue weighted by molar-refractivity contribution is 5.98. The van der Waals surface area contributed by atoms with E-state index in [0.717, 1.165) is 18.3 Å². The van der Waals surface area contributed by atoms with Gasteiger partial charge >= 0.3 is 0 Å². The predicted molar refractivity (Wildman–Crippen MR) is 125 cm³/mol. The Bertz CT molecular complexity index is 1100. The van der Waals surface area contributed by atoms with E-state index in [4.69, 9.17) is 4.74 Å². The number of amides is 2. The van der Waals surface area contributed by atoms with E-state index >= 15 is 0 Å². The Morgan fingerprint density at radius 1 is 0.970 bits per heavy atom. The third kappa shape index (κ3) is 5.66. The molecule has 0 radical (unpaired) electrons. The Morgan fingerprint density at radius 2 is 1.67 bits per heavy atom. The van der Waals surface area contributed by atoms with Gasteiger partial charge < -0.3 is 19.7 Å². The van der Waals surface area contributed by atoms with Crippen LogP contribution in [0.25, 0.3) is 0 Å². The summed E-state index contributed by atoms with van der Waals surface area (Å²) in [6.07, 6.45) is 2.59. The molecule has 0 spiro atoms. The lowest BCUT2D eigenvalue weighted by Crippen LogP contribution is -2.51. The van der Waals surface area contributed by atoms with Crippen LogP contribution in [0, 0.1) is 0 Å². The lowest BCUT2D eigenvalue weighted by molar-refractivity contribution is -0.136. The van der Waals surface area contributed by atoms with Gasteiger partial charge in [0.15, 0.2) is 0 Å². The molecule has 0 aromatic heterocycles. The molecule has 1 fully saturated rings. The van der Waals surface area contributed by atoms with Crippen molar-refractivity contribution < 1.29 is 19.1 Å². The van der Waals surface area contributed by atoms with Gasteiger partial charge in [0.25, 0.3) is 5.91 Å². The maximum atomic E-state index is 13.3. The van der Waals surface area contributed by atoms with Gasteiger partial charge in [0.05, 0.1) is 6.04 Å². The Morgan fingerprint density at radius 3 is 2.39 bits per heavy atom. The van der Waals surface area contributed by atoms with Gasteiger partial charge in [0.2, 0.25) is 5.91 Å². The van der Waals surface area contributed by atoms with Crippen LogP contribution in [0.4, 0.5) is 0 Å². The van der Waals surface area contributed by atoms with Crippen LogP contribution < -0.4 is 10.1 Å². The van der Waals surface area contributed by atoms with Gasteiger partial charge in [-0.25, -0.2) is 0 Å². The summed E-state index contributed by atoms with van der Waals surface area (Å²) in [6.45, 7) is 0.518. The lowest BCUT2D eigenvalue weighted by Gasteiger charge is -2.27. The molecule has 0 unspecified atom stereocenters. The summed E-state index contributed by atoms with van der Waals surface area (Å²) in [7, 11) is 0. The Hall–Kier alpha value is -3.93. The van der Waals surface area contributed by atoms with Gasteiger partial charge in [-0.1, -0.05) is 54.6 Å². The van der Waals surface area contributed by atoms with Crippen molar-refractivity contribution in [3.63, 3.8) is 0 Å². The lowest BCUT2D eigenvalue weighted by atomic mass is 10.0. The molecule has 33 heavy (non-hydrogen) atoms. The molecule has 1 aliphatic heterocycles. The molecule has 1 saturated heterocycles. The van der Waals surface area contributed by atoms with Crippen LogP contribution in [0.1, 0.15) is 28.8 Å². The first-order valence-electron chi connectivity index (χ1n) is 11.1. The molecule has 2 amide bonds. The first kappa shape index (κ1) is 22.3. The minimum atomic E-state index is -0.779. The van der Waals surface area contributed by atoms with E-state index in [1.165, 1.54) is 0 Å². The topological polar surface area (TPSA) is 75.7 Å². The molecule has 0 aliphatic carbocycles.